The Kier molecular flexibility index (Phi) is 9.01. The van der Waals surface area contributed by atoms with Crippen LogP contribution in [0, 0.1) is 11.8 Å². The topological polar surface area (TPSA) is 116 Å². The smallest absolute Gasteiger partial charge is 0.411 e. The fourth-order valence-electron chi connectivity index (χ4n) is 9.96. The largest absolute Gasteiger partial charge is 0.444 e. The van der Waals surface area contributed by atoms with Gasteiger partial charge in [0, 0.05) is 17.6 Å². The first-order valence-electron chi connectivity index (χ1n) is 20.6. The van der Waals surface area contributed by atoms with Crippen molar-refractivity contribution in [2.45, 2.75) is 128 Å². The zero-order valence-electron chi connectivity index (χ0n) is 33.5. The minimum absolute atomic E-state index is 0.108. The summed E-state index contributed by atoms with van der Waals surface area (Å²) >= 11 is 0. The van der Waals surface area contributed by atoms with Crippen LogP contribution in [0.1, 0.15) is 117 Å². The molecule has 6 atom stereocenters. The second-order valence-corrected chi connectivity index (χ2v) is 18.5. The molecule has 2 aliphatic heterocycles. The fourth-order valence-corrected chi connectivity index (χ4v) is 9.96. The van der Waals surface area contributed by atoms with E-state index in [1.54, 1.807) is 0 Å². The van der Waals surface area contributed by atoms with E-state index in [9.17, 15) is 9.59 Å². The van der Waals surface area contributed by atoms with Crippen molar-refractivity contribution in [3.05, 3.63) is 84.7 Å². The monoisotopic (exact) mass is 754 g/mol. The molecule has 2 amide bonds. The summed E-state index contributed by atoms with van der Waals surface area (Å²) in [6, 6.07) is 21.9. The van der Waals surface area contributed by atoms with Crippen LogP contribution in [0.3, 0.4) is 0 Å². The lowest BCUT2D eigenvalue weighted by Crippen LogP contribution is -2.41. The normalized spacial score (nSPS) is 24.8. The minimum Gasteiger partial charge on any atom is -0.444 e. The fraction of sp³-hybridized carbons (Fsp3) is 0.478. The molecule has 0 bridgehead atoms. The number of aromatic amines is 2. The Bertz CT molecular complexity index is 2260. The van der Waals surface area contributed by atoms with Crippen LogP contribution in [0.4, 0.5) is 9.59 Å². The number of H-pyrrole nitrogens is 2. The van der Waals surface area contributed by atoms with Crippen molar-refractivity contribution in [2.75, 3.05) is 0 Å². The van der Waals surface area contributed by atoms with Gasteiger partial charge in [0.25, 0.3) is 0 Å². The summed E-state index contributed by atoms with van der Waals surface area (Å²) in [6.07, 6.45) is 11.8. The van der Waals surface area contributed by atoms with Gasteiger partial charge >= 0.3 is 12.2 Å². The molecule has 5 aromatic rings. The predicted molar refractivity (Wildman–Crippen MR) is 218 cm³/mol. The van der Waals surface area contributed by atoms with E-state index in [1.165, 1.54) is 0 Å². The second-order valence-electron chi connectivity index (χ2n) is 18.5. The number of carbonyl (C=O) groups is 2. The van der Waals surface area contributed by atoms with Gasteiger partial charge in [-0.2, -0.15) is 0 Å². The Morgan fingerprint density at radius 1 is 0.589 bits per heavy atom. The van der Waals surface area contributed by atoms with Gasteiger partial charge in [-0.05, 0) is 131 Å². The highest BCUT2D eigenvalue weighted by atomic mass is 16.6. The molecule has 10 nitrogen and oxygen atoms in total. The maximum atomic E-state index is 13.4. The summed E-state index contributed by atoms with van der Waals surface area (Å²) in [4.78, 5) is 47.5. The lowest BCUT2D eigenvalue weighted by molar-refractivity contribution is 0.0120. The van der Waals surface area contributed by atoms with Crippen molar-refractivity contribution in [1.29, 1.82) is 0 Å². The van der Waals surface area contributed by atoms with Crippen molar-refractivity contribution < 1.29 is 19.1 Å². The third kappa shape index (κ3) is 6.96. The van der Waals surface area contributed by atoms with Crippen LogP contribution in [0.5, 0.6) is 0 Å². The van der Waals surface area contributed by atoms with E-state index in [0.29, 0.717) is 11.8 Å². The lowest BCUT2D eigenvalue weighted by Gasteiger charge is -2.31. The van der Waals surface area contributed by atoms with Gasteiger partial charge in [0.1, 0.15) is 22.9 Å². The van der Waals surface area contributed by atoms with Crippen LogP contribution in [-0.2, 0) is 9.47 Å². The first-order chi connectivity index (χ1) is 26.8. The van der Waals surface area contributed by atoms with E-state index in [-0.39, 0.29) is 36.4 Å². The SMILES string of the molecule is CC(C)(C)OC(=O)N1[C@H](c2ncc(-c3ccc4cc(-c5ccc(-c6cnc([C@@H]7C[C@@H]8CCC[C@@H]8N7C(=O)OC(C)(C)C)[nH]6)cc5)ccc4c3)[nH]2)CC2CCC[C@@H]21. The summed E-state index contributed by atoms with van der Waals surface area (Å²) < 4.78 is 11.7. The number of rotatable bonds is 5. The molecule has 2 saturated heterocycles. The standard InChI is InChI=1S/C46H54N6O4/c1-45(2,3)55-43(53)51-37-11-7-9-33(37)23-39(51)41-47-25-35(49-41)28-15-13-27(14-16-28)29-17-18-31-22-32(20-19-30(31)21-29)36-26-48-42(50-36)40-24-34-10-8-12-38(34)52(40)44(54)56-46(4,5)6/h13-22,25-26,33-34,37-40H,7-12,23-24H2,1-6H3,(H,47,49)(H,48,50)/t33-,34?,37-,38-,39-,40-/m0/s1. The number of ether oxygens (including phenoxy) is 2. The van der Waals surface area contributed by atoms with Gasteiger partial charge < -0.3 is 19.4 Å². The summed E-state index contributed by atoms with van der Waals surface area (Å²) in [5, 5.41) is 2.30. The molecule has 0 radical (unpaired) electrons. The lowest BCUT2D eigenvalue weighted by atomic mass is 9.98. The Morgan fingerprint density at radius 2 is 1.02 bits per heavy atom. The minimum atomic E-state index is -0.546. The van der Waals surface area contributed by atoms with Crippen LogP contribution >= 0.6 is 0 Å². The van der Waals surface area contributed by atoms with E-state index in [0.717, 1.165) is 107 Å². The molecule has 0 spiro atoms. The molecule has 10 heteroatoms. The zero-order valence-corrected chi connectivity index (χ0v) is 33.5. The van der Waals surface area contributed by atoms with Crippen LogP contribution in [-0.4, -0.2) is 65.2 Å². The molecule has 9 rings (SSSR count). The first kappa shape index (κ1) is 36.5. The van der Waals surface area contributed by atoms with Gasteiger partial charge in [-0.15, -0.1) is 0 Å². The molecule has 2 saturated carbocycles. The average molecular weight is 755 g/mol. The Labute approximate surface area is 329 Å². The van der Waals surface area contributed by atoms with Crippen LogP contribution in [0.25, 0.3) is 44.4 Å². The number of fused-ring (bicyclic) bond motifs is 3. The molecule has 56 heavy (non-hydrogen) atoms. The molecule has 4 fully saturated rings. The van der Waals surface area contributed by atoms with Crippen molar-refractivity contribution in [3.8, 4) is 33.6 Å². The number of hydrogen-bond donors (Lipinski definition) is 2. The Morgan fingerprint density at radius 3 is 1.52 bits per heavy atom. The van der Waals surface area contributed by atoms with Gasteiger partial charge in [-0.3, -0.25) is 9.80 Å². The molecular weight excluding hydrogens is 701 g/mol. The van der Waals surface area contributed by atoms with E-state index < -0.39 is 11.2 Å². The number of hydrogen-bond acceptors (Lipinski definition) is 6. The number of imidazole rings is 2. The summed E-state index contributed by atoms with van der Waals surface area (Å²) in [5.74, 6) is 2.64. The van der Waals surface area contributed by atoms with Crippen molar-refractivity contribution in [3.63, 3.8) is 0 Å². The molecule has 4 aliphatic rings. The molecular formula is C46H54N6O4. The van der Waals surface area contributed by atoms with Gasteiger partial charge in [-0.25, -0.2) is 19.6 Å². The maximum Gasteiger partial charge on any atom is 0.411 e. The van der Waals surface area contributed by atoms with E-state index in [1.807, 2.05) is 63.7 Å². The molecule has 1 unspecified atom stereocenters. The van der Waals surface area contributed by atoms with Crippen LogP contribution in [0.15, 0.2) is 73.1 Å². The number of aromatic nitrogens is 4. The van der Waals surface area contributed by atoms with Crippen molar-refractivity contribution in [1.82, 2.24) is 29.7 Å². The molecule has 3 aromatic carbocycles. The summed E-state index contributed by atoms with van der Waals surface area (Å²) in [6.45, 7) is 11.5. The van der Waals surface area contributed by atoms with Crippen molar-refractivity contribution in [2.24, 2.45) is 11.8 Å². The van der Waals surface area contributed by atoms with E-state index in [2.05, 4.69) is 70.6 Å². The quantitative estimate of drug-likeness (QED) is 0.184. The molecule has 4 heterocycles. The third-order valence-corrected chi connectivity index (χ3v) is 12.4. The molecule has 2 aromatic heterocycles. The van der Waals surface area contributed by atoms with E-state index >= 15 is 0 Å². The van der Waals surface area contributed by atoms with Gasteiger partial charge in [0.05, 0.1) is 35.9 Å². The van der Waals surface area contributed by atoms with Crippen LogP contribution in [0.2, 0.25) is 0 Å². The number of carbonyl (C=O) groups excluding carboxylic acids is 2. The first-order valence-corrected chi connectivity index (χ1v) is 20.6. The van der Waals surface area contributed by atoms with E-state index in [4.69, 9.17) is 19.4 Å². The summed E-state index contributed by atoms with van der Waals surface area (Å²) in [5.41, 5.74) is 5.18. The number of benzene rings is 3. The zero-order chi connectivity index (χ0) is 38.9. The Balaban J connectivity index is 0.900. The highest BCUT2D eigenvalue weighted by molar-refractivity contribution is 5.90. The van der Waals surface area contributed by atoms with Gasteiger partial charge in [0.2, 0.25) is 0 Å². The average Bonchev–Trinajstić information content (AvgIpc) is 3.99. The maximum absolute atomic E-state index is 13.4. The Hall–Kier alpha value is -5.12. The highest BCUT2D eigenvalue weighted by Crippen LogP contribution is 2.49. The van der Waals surface area contributed by atoms with Gasteiger partial charge in [0.15, 0.2) is 0 Å². The number of nitrogens with one attached hydrogen (secondary N) is 2. The molecule has 292 valence electrons. The van der Waals surface area contributed by atoms with Crippen molar-refractivity contribution >= 4 is 23.0 Å². The van der Waals surface area contributed by atoms with Crippen LogP contribution < -0.4 is 0 Å². The summed E-state index contributed by atoms with van der Waals surface area (Å²) in [7, 11) is 0. The number of nitrogens with zero attached hydrogens (tertiary/aromatic N) is 4. The molecule has 2 aliphatic carbocycles. The predicted octanol–water partition coefficient (Wildman–Crippen LogP) is 11.0. The number of likely N-dealkylation sites (tertiary alicyclic amines) is 2. The van der Waals surface area contributed by atoms with Gasteiger partial charge in [-0.1, -0.05) is 61.4 Å². The third-order valence-electron chi connectivity index (χ3n) is 12.4. The number of amides is 2. The highest BCUT2D eigenvalue weighted by Gasteiger charge is 2.50. The second kappa shape index (κ2) is 13.8. The molecule has 2 N–H and O–H groups in total.